The molecule has 2 amide bonds. The third-order valence-corrected chi connectivity index (χ3v) is 4.60. The lowest BCUT2D eigenvalue weighted by Crippen LogP contribution is -2.49. The third kappa shape index (κ3) is 5.71. The second kappa shape index (κ2) is 10.1. The summed E-state index contributed by atoms with van der Waals surface area (Å²) in [5.74, 6) is -1.51. The standard InChI is InChI=1S/C22H18N4O4S/c27-20(17-11-13-18(14-12-17)26(29)30)24-25-22(31)23-21(28)19(15-7-3-1-4-8-15)16-9-5-2-6-10-16/h1-14,19H,(H,24,27)(H2,23,25,28,31). The zero-order chi connectivity index (χ0) is 22.2. The average molecular weight is 434 g/mol. The summed E-state index contributed by atoms with van der Waals surface area (Å²) in [6.45, 7) is 0. The normalized spacial score (nSPS) is 10.2. The molecule has 0 radical (unpaired) electrons. The molecule has 0 aromatic heterocycles. The second-order valence-corrected chi connectivity index (χ2v) is 6.86. The number of nitrogens with zero attached hydrogens (tertiary/aromatic N) is 1. The van der Waals surface area contributed by atoms with Gasteiger partial charge in [0, 0.05) is 17.7 Å². The van der Waals surface area contributed by atoms with Crippen molar-refractivity contribution in [3.63, 3.8) is 0 Å². The summed E-state index contributed by atoms with van der Waals surface area (Å²) in [5, 5.41) is 13.2. The van der Waals surface area contributed by atoms with Gasteiger partial charge in [-0.2, -0.15) is 0 Å². The largest absolute Gasteiger partial charge is 0.301 e. The van der Waals surface area contributed by atoms with Gasteiger partial charge in [-0.05, 0) is 35.5 Å². The Labute approximate surface area is 183 Å². The minimum atomic E-state index is -0.590. The van der Waals surface area contributed by atoms with Gasteiger partial charge in [0.1, 0.15) is 0 Å². The van der Waals surface area contributed by atoms with E-state index in [1.165, 1.54) is 24.3 Å². The van der Waals surface area contributed by atoms with Crippen LogP contribution in [0.2, 0.25) is 0 Å². The van der Waals surface area contributed by atoms with Gasteiger partial charge in [0.2, 0.25) is 5.91 Å². The number of nitrogens with one attached hydrogen (secondary N) is 3. The van der Waals surface area contributed by atoms with Gasteiger partial charge in [-0.15, -0.1) is 0 Å². The molecule has 0 aliphatic heterocycles. The molecule has 0 unspecified atom stereocenters. The van der Waals surface area contributed by atoms with E-state index in [0.29, 0.717) is 0 Å². The van der Waals surface area contributed by atoms with E-state index in [-0.39, 0.29) is 22.3 Å². The Morgan fingerprint density at radius 3 is 1.81 bits per heavy atom. The first-order valence-electron chi connectivity index (χ1n) is 9.21. The smallest absolute Gasteiger partial charge is 0.269 e. The lowest BCUT2D eigenvalue weighted by atomic mass is 9.90. The summed E-state index contributed by atoms with van der Waals surface area (Å²) in [4.78, 5) is 35.3. The van der Waals surface area contributed by atoms with Gasteiger partial charge in [-0.25, -0.2) is 0 Å². The Morgan fingerprint density at radius 1 is 0.806 bits per heavy atom. The number of nitro benzene ring substituents is 1. The summed E-state index contributed by atoms with van der Waals surface area (Å²) in [6.07, 6.45) is 0. The molecule has 0 saturated carbocycles. The van der Waals surface area contributed by atoms with Crippen LogP contribution in [0.15, 0.2) is 84.9 Å². The number of amides is 2. The first-order valence-corrected chi connectivity index (χ1v) is 9.62. The molecule has 0 fully saturated rings. The van der Waals surface area contributed by atoms with Gasteiger partial charge < -0.3 is 5.32 Å². The van der Waals surface area contributed by atoms with Crippen LogP contribution in [0, 0.1) is 10.1 Å². The maximum atomic E-state index is 13.0. The van der Waals surface area contributed by atoms with Crippen LogP contribution in [0.1, 0.15) is 27.4 Å². The molecule has 0 saturated heterocycles. The van der Waals surface area contributed by atoms with Gasteiger partial charge in [-0.3, -0.25) is 30.6 Å². The molecule has 156 valence electrons. The highest BCUT2D eigenvalue weighted by Crippen LogP contribution is 2.24. The van der Waals surface area contributed by atoms with Crippen molar-refractivity contribution in [1.82, 2.24) is 16.2 Å². The zero-order valence-electron chi connectivity index (χ0n) is 16.1. The number of nitro groups is 1. The first-order chi connectivity index (χ1) is 15.0. The van der Waals surface area contributed by atoms with E-state index in [4.69, 9.17) is 12.2 Å². The lowest BCUT2D eigenvalue weighted by molar-refractivity contribution is -0.384. The fraction of sp³-hybridized carbons (Fsp3) is 0.0455. The fourth-order valence-corrected chi connectivity index (χ4v) is 3.07. The number of thiocarbonyl (C=S) groups is 1. The fourth-order valence-electron chi connectivity index (χ4n) is 2.92. The minimum absolute atomic E-state index is 0.0860. The number of non-ortho nitro benzene ring substituents is 1. The highest BCUT2D eigenvalue weighted by atomic mass is 32.1. The van der Waals surface area contributed by atoms with Crippen molar-refractivity contribution in [3.05, 3.63) is 112 Å². The van der Waals surface area contributed by atoms with E-state index in [2.05, 4.69) is 16.2 Å². The molecular formula is C22H18N4O4S. The molecule has 9 heteroatoms. The molecule has 3 aromatic rings. The summed E-state index contributed by atoms with van der Waals surface area (Å²) >= 11 is 5.13. The van der Waals surface area contributed by atoms with Crippen LogP contribution in [0.25, 0.3) is 0 Å². The molecule has 0 spiro atoms. The molecule has 3 aromatic carbocycles. The van der Waals surface area contributed by atoms with Gasteiger partial charge >= 0.3 is 0 Å². The number of carbonyl (C=O) groups is 2. The van der Waals surface area contributed by atoms with Crippen molar-refractivity contribution >= 4 is 34.8 Å². The van der Waals surface area contributed by atoms with Crippen molar-refractivity contribution in [1.29, 1.82) is 0 Å². The second-order valence-electron chi connectivity index (χ2n) is 6.46. The van der Waals surface area contributed by atoms with Crippen LogP contribution in [0.4, 0.5) is 5.69 Å². The maximum Gasteiger partial charge on any atom is 0.269 e. The minimum Gasteiger partial charge on any atom is -0.301 e. The van der Waals surface area contributed by atoms with Crippen molar-refractivity contribution in [3.8, 4) is 0 Å². The Balaban J connectivity index is 1.63. The zero-order valence-corrected chi connectivity index (χ0v) is 17.0. The lowest BCUT2D eigenvalue weighted by Gasteiger charge is -2.18. The highest BCUT2D eigenvalue weighted by Gasteiger charge is 2.23. The molecule has 31 heavy (non-hydrogen) atoms. The van der Waals surface area contributed by atoms with E-state index < -0.39 is 16.7 Å². The van der Waals surface area contributed by atoms with Gasteiger partial charge in [0.25, 0.3) is 11.6 Å². The highest BCUT2D eigenvalue weighted by molar-refractivity contribution is 7.80. The molecule has 3 N–H and O–H groups in total. The van der Waals surface area contributed by atoms with Crippen molar-refractivity contribution in [2.24, 2.45) is 0 Å². The Morgan fingerprint density at radius 2 is 1.32 bits per heavy atom. The van der Waals surface area contributed by atoms with E-state index >= 15 is 0 Å². The Bertz CT molecular complexity index is 1050. The molecule has 8 nitrogen and oxygen atoms in total. The molecule has 0 aliphatic rings. The number of hydrazine groups is 1. The first kappa shape index (κ1) is 21.6. The van der Waals surface area contributed by atoms with E-state index in [9.17, 15) is 19.7 Å². The maximum absolute atomic E-state index is 13.0. The van der Waals surface area contributed by atoms with Gasteiger partial charge in [0.05, 0.1) is 10.8 Å². The summed E-state index contributed by atoms with van der Waals surface area (Å²) in [7, 11) is 0. The number of rotatable bonds is 5. The quantitative estimate of drug-likeness (QED) is 0.323. The monoisotopic (exact) mass is 434 g/mol. The predicted octanol–water partition coefficient (Wildman–Crippen LogP) is 3.06. The van der Waals surface area contributed by atoms with Gasteiger partial charge in [-0.1, -0.05) is 60.7 Å². The summed E-state index contributed by atoms with van der Waals surface area (Å²) in [6, 6.07) is 23.6. The molecule has 3 rings (SSSR count). The molecule has 0 bridgehead atoms. The van der Waals surface area contributed by atoms with E-state index in [1.54, 1.807) is 0 Å². The number of hydrogen-bond donors (Lipinski definition) is 3. The Kier molecular flexibility index (Phi) is 7.02. The van der Waals surface area contributed by atoms with Crippen molar-refractivity contribution < 1.29 is 14.5 Å². The molecular weight excluding hydrogens is 416 g/mol. The number of hydrogen-bond acceptors (Lipinski definition) is 5. The SMILES string of the molecule is O=C(NNC(=S)NC(=O)C(c1ccccc1)c1ccccc1)c1ccc([N+](=O)[O-])cc1. The number of benzene rings is 3. The van der Waals surface area contributed by atoms with E-state index in [0.717, 1.165) is 11.1 Å². The molecule has 0 atom stereocenters. The number of carbonyl (C=O) groups excluding carboxylic acids is 2. The van der Waals surface area contributed by atoms with Crippen LogP contribution in [0.3, 0.4) is 0 Å². The molecule has 0 heterocycles. The average Bonchev–Trinajstić information content (AvgIpc) is 2.79. The van der Waals surface area contributed by atoms with E-state index in [1.807, 2.05) is 60.7 Å². The topological polar surface area (TPSA) is 113 Å². The Hall–Kier alpha value is -4.11. The van der Waals surface area contributed by atoms with Crippen LogP contribution in [-0.2, 0) is 4.79 Å². The predicted molar refractivity (Wildman–Crippen MR) is 119 cm³/mol. The third-order valence-electron chi connectivity index (χ3n) is 4.39. The van der Waals surface area contributed by atoms with Crippen LogP contribution in [0.5, 0.6) is 0 Å². The van der Waals surface area contributed by atoms with Gasteiger partial charge in [0.15, 0.2) is 5.11 Å². The summed E-state index contributed by atoms with van der Waals surface area (Å²) in [5.41, 5.74) is 6.49. The molecule has 0 aliphatic carbocycles. The summed E-state index contributed by atoms with van der Waals surface area (Å²) < 4.78 is 0. The van der Waals surface area contributed by atoms with Crippen LogP contribution >= 0.6 is 12.2 Å². The van der Waals surface area contributed by atoms with Crippen LogP contribution in [-0.4, -0.2) is 21.9 Å². The van der Waals surface area contributed by atoms with Crippen molar-refractivity contribution in [2.75, 3.05) is 0 Å². The van der Waals surface area contributed by atoms with Crippen LogP contribution < -0.4 is 16.2 Å². The van der Waals surface area contributed by atoms with Crippen molar-refractivity contribution in [2.45, 2.75) is 5.92 Å².